The molecule has 4 nitrogen and oxygen atoms in total. The minimum Gasteiger partial charge on any atom is -0.389 e. The van der Waals surface area contributed by atoms with Crippen molar-refractivity contribution in [3.8, 4) is 0 Å². The standard InChI is InChI=1S/C13H20N2O2S3/c1-4-11(8-19-3)15-20(16,17)12-7-10(13(14)18)6-5-9(12)2/h5-7,11,15H,4,8H2,1-3H3,(H2,14,18). The fraction of sp³-hybridized carbons (Fsp3) is 0.462. The van der Waals surface area contributed by atoms with Crippen molar-refractivity contribution in [1.82, 2.24) is 4.72 Å². The molecule has 0 spiro atoms. The minimum absolute atomic E-state index is 0.0807. The molecule has 0 aliphatic carbocycles. The molecule has 1 rings (SSSR count). The van der Waals surface area contributed by atoms with E-state index in [9.17, 15) is 8.42 Å². The second-order valence-corrected chi connectivity index (χ2v) is 7.56. The summed E-state index contributed by atoms with van der Waals surface area (Å²) in [5, 5.41) is 0. The molecule has 1 unspecified atom stereocenters. The minimum atomic E-state index is -3.56. The summed E-state index contributed by atoms with van der Waals surface area (Å²) in [6.45, 7) is 3.72. The van der Waals surface area contributed by atoms with Gasteiger partial charge in [-0.2, -0.15) is 11.8 Å². The molecule has 0 radical (unpaired) electrons. The first-order chi connectivity index (χ1) is 9.31. The van der Waals surface area contributed by atoms with Gasteiger partial charge in [-0.05, 0) is 31.2 Å². The van der Waals surface area contributed by atoms with Crippen LogP contribution in [0.25, 0.3) is 0 Å². The third-order valence-electron chi connectivity index (χ3n) is 2.94. The molecule has 3 N–H and O–H groups in total. The molecule has 0 heterocycles. The Labute approximate surface area is 130 Å². The highest BCUT2D eigenvalue weighted by Crippen LogP contribution is 2.18. The smallest absolute Gasteiger partial charge is 0.241 e. The zero-order valence-electron chi connectivity index (χ0n) is 11.8. The van der Waals surface area contributed by atoms with Gasteiger partial charge < -0.3 is 5.73 Å². The lowest BCUT2D eigenvalue weighted by atomic mass is 10.1. The first-order valence-electron chi connectivity index (χ1n) is 6.23. The Balaban J connectivity index is 3.14. The van der Waals surface area contributed by atoms with Gasteiger partial charge in [0, 0.05) is 17.4 Å². The number of hydrogen-bond acceptors (Lipinski definition) is 4. The van der Waals surface area contributed by atoms with Crippen molar-refractivity contribution in [2.24, 2.45) is 5.73 Å². The van der Waals surface area contributed by atoms with Crippen LogP contribution in [-0.4, -0.2) is 31.5 Å². The molecular formula is C13H20N2O2S3. The van der Waals surface area contributed by atoms with E-state index in [2.05, 4.69) is 4.72 Å². The number of sulfonamides is 1. The van der Waals surface area contributed by atoms with Gasteiger partial charge in [-0.3, -0.25) is 0 Å². The number of hydrogen-bond donors (Lipinski definition) is 2. The lowest BCUT2D eigenvalue weighted by Crippen LogP contribution is -2.36. The summed E-state index contributed by atoms with van der Waals surface area (Å²) in [5.41, 5.74) is 6.80. The molecule has 1 aromatic rings. The van der Waals surface area contributed by atoms with Gasteiger partial charge in [-0.1, -0.05) is 31.3 Å². The lowest BCUT2D eigenvalue weighted by molar-refractivity contribution is 0.557. The molecule has 0 saturated carbocycles. The number of nitrogens with two attached hydrogens (primary N) is 1. The Morgan fingerprint density at radius 2 is 2.15 bits per heavy atom. The molecule has 0 aliphatic rings. The number of aryl methyl sites for hydroxylation is 1. The summed E-state index contributed by atoms with van der Waals surface area (Å²) in [6, 6.07) is 4.91. The predicted molar refractivity (Wildman–Crippen MR) is 89.8 cm³/mol. The van der Waals surface area contributed by atoms with Gasteiger partial charge in [0.05, 0.1) is 4.90 Å². The van der Waals surface area contributed by atoms with Gasteiger partial charge in [-0.15, -0.1) is 0 Å². The van der Waals surface area contributed by atoms with E-state index >= 15 is 0 Å². The molecule has 0 aromatic heterocycles. The maximum Gasteiger partial charge on any atom is 0.241 e. The highest BCUT2D eigenvalue weighted by molar-refractivity contribution is 7.98. The van der Waals surface area contributed by atoms with Crippen molar-refractivity contribution in [2.75, 3.05) is 12.0 Å². The molecule has 112 valence electrons. The van der Waals surface area contributed by atoms with Crippen LogP contribution in [0, 0.1) is 6.92 Å². The summed E-state index contributed by atoms with van der Waals surface area (Å²) < 4.78 is 27.7. The van der Waals surface area contributed by atoms with Gasteiger partial charge in [-0.25, -0.2) is 13.1 Å². The third kappa shape index (κ3) is 4.44. The molecular weight excluding hydrogens is 312 g/mol. The van der Waals surface area contributed by atoms with Crippen LogP contribution in [0.1, 0.15) is 24.5 Å². The van der Waals surface area contributed by atoms with E-state index in [1.165, 1.54) is 6.07 Å². The zero-order chi connectivity index (χ0) is 15.3. The van der Waals surface area contributed by atoms with Crippen LogP contribution in [0.3, 0.4) is 0 Å². The van der Waals surface area contributed by atoms with Crippen molar-refractivity contribution in [1.29, 1.82) is 0 Å². The van der Waals surface area contributed by atoms with E-state index in [-0.39, 0.29) is 15.9 Å². The fourth-order valence-corrected chi connectivity index (χ4v) is 4.31. The Hall–Kier alpha value is -0.630. The molecule has 1 atom stereocenters. The molecule has 0 amide bonds. The predicted octanol–water partition coefficient (Wildman–Crippen LogP) is 2.05. The van der Waals surface area contributed by atoms with Crippen molar-refractivity contribution < 1.29 is 8.42 Å². The number of thiocarbonyl (C=S) groups is 1. The molecule has 1 aromatic carbocycles. The number of rotatable bonds is 7. The van der Waals surface area contributed by atoms with Gasteiger partial charge in [0.1, 0.15) is 4.99 Å². The molecule has 7 heteroatoms. The van der Waals surface area contributed by atoms with Crippen molar-refractivity contribution >= 4 is 39.0 Å². The summed E-state index contributed by atoms with van der Waals surface area (Å²) in [5.74, 6) is 0.740. The first-order valence-corrected chi connectivity index (χ1v) is 9.52. The van der Waals surface area contributed by atoms with E-state index in [1.54, 1.807) is 30.8 Å². The fourth-order valence-electron chi connectivity index (χ4n) is 1.76. The summed E-state index contributed by atoms with van der Waals surface area (Å²) in [4.78, 5) is 0.431. The van der Waals surface area contributed by atoms with Gasteiger partial charge in [0.2, 0.25) is 10.0 Å². The monoisotopic (exact) mass is 332 g/mol. The van der Waals surface area contributed by atoms with Crippen molar-refractivity contribution in [2.45, 2.75) is 31.2 Å². The SMILES string of the molecule is CCC(CSC)NS(=O)(=O)c1cc(C(N)=S)ccc1C. The Morgan fingerprint density at radius 1 is 1.50 bits per heavy atom. The van der Waals surface area contributed by atoms with Crippen LogP contribution < -0.4 is 10.5 Å². The second kappa shape index (κ2) is 7.40. The van der Waals surface area contributed by atoms with Gasteiger partial charge in [0.25, 0.3) is 0 Å². The molecule has 0 bridgehead atoms. The van der Waals surface area contributed by atoms with E-state index in [0.717, 1.165) is 12.2 Å². The largest absolute Gasteiger partial charge is 0.389 e. The Kier molecular flexibility index (Phi) is 6.44. The van der Waals surface area contributed by atoms with Crippen LogP contribution in [0.15, 0.2) is 23.1 Å². The number of nitrogens with one attached hydrogen (secondary N) is 1. The summed E-state index contributed by atoms with van der Waals surface area (Å²) >= 11 is 6.51. The topological polar surface area (TPSA) is 72.2 Å². The van der Waals surface area contributed by atoms with Crippen molar-refractivity contribution in [3.05, 3.63) is 29.3 Å². The highest BCUT2D eigenvalue weighted by atomic mass is 32.2. The zero-order valence-corrected chi connectivity index (χ0v) is 14.3. The van der Waals surface area contributed by atoms with E-state index in [1.807, 2.05) is 13.2 Å². The first kappa shape index (κ1) is 17.4. The number of thioether (sulfide) groups is 1. The maximum absolute atomic E-state index is 12.5. The van der Waals surface area contributed by atoms with Crippen LogP contribution in [0.4, 0.5) is 0 Å². The molecule has 0 saturated heterocycles. The number of benzene rings is 1. The molecule has 20 heavy (non-hydrogen) atoms. The maximum atomic E-state index is 12.5. The second-order valence-electron chi connectivity index (χ2n) is 4.53. The van der Waals surface area contributed by atoms with Crippen LogP contribution in [0.5, 0.6) is 0 Å². The quantitative estimate of drug-likeness (QED) is 0.748. The summed E-state index contributed by atoms with van der Waals surface area (Å²) in [7, 11) is -3.56. The highest BCUT2D eigenvalue weighted by Gasteiger charge is 2.21. The van der Waals surface area contributed by atoms with Gasteiger partial charge in [0.15, 0.2) is 0 Å². The van der Waals surface area contributed by atoms with E-state index in [4.69, 9.17) is 18.0 Å². The molecule has 0 fully saturated rings. The van der Waals surface area contributed by atoms with E-state index < -0.39 is 10.0 Å². The normalized spacial score (nSPS) is 13.2. The van der Waals surface area contributed by atoms with Crippen LogP contribution >= 0.6 is 24.0 Å². The van der Waals surface area contributed by atoms with E-state index in [0.29, 0.717) is 11.1 Å². The van der Waals surface area contributed by atoms with Gasteiger partial charge >= 0.3 is 0 Å². The average Bonchev–Trinajstić information content (AvgIpc) is 2.37. The third-order valence-corrected chi connectivity index (χ3v) is 5.58. The Bertz CT molecular complexity index is 585. The average molecular weight is 333 g/mol. The van der Waals surface area contributed by atoms with Crippen LogP contribution in [0.2, 0.25) is 0 Å². The summed E-state index contributed by atoms with van der Waals surface area (Å²) in [6.07, 6.45) is 2.70. The Morgan fingerprint density at radius 3 is 2.65 bits per heavy atom. The van der Waals surface area contributed by atoms with Crippen molar-refractivity contribution in [3.63, 3.8) is 0 Å². The van der Waals surface area contributed by atoms with Crippen LogP contribution in [-0.2, 0) is 10.0 Å². The molecule has 0 aliphatic heterocycles. The lowest BCUT2D eigenvalue weighted by Gasteiger charge is -2.17.